The van der Waals surface area contributed by atoms with Gasteiger partial charge in [-0.15, -0.1) is 0 Å². The van der Waals surface area contributed by atoms with Crippen molar-refractivity contribution in [1.82, 2.24) is 4.98 Å². The van der Waals surface area contributed by atoms with E-state index in [4.69, 9.17) is 21.4 Å². The smallest absolute Gasteiger partial charge is 0.338 e. The Balaban J connectivity index is 1.91. The number of carboxylic acid groups (broad SMARTS) is 1. The molecule has 0 aliphatic heterocycles. The number of amides is 1. The third kappa shape index (κ3) is 4.79. The van der Waals surface area contributed by atoms with Gasteiger partial charge in [0.1, 0.15) is 5.15 Å². The molecule has 7 nitrogen and oxygen atoms in total. The van der Waals surface area contributed by atoms with Gasteiger partial charge in [0.15, 0.2) is 6.61 Å². The monoisotopic (exact) mass is 334 g/mol. The lowest BCUT2D eigenvalue weighted by atomic mass is 10.2. The molecule has 1 amide bonds. The van der Waals surface area contributed by atoms with Crippen LogP contribution in [0.2, 0.25) is 5.15 Å². The molecule has 2 rings (SSSR count). The maximum absolute atomic E-state index is 11.7. The van der Waals surface area contributed by atoms with E-state index in [2.05, 4.69) is 10.3 Å². The van der Waals surface area contributed by atoms with Gasteiger partial charge in [0, 0.05) is 11.9 Å². The van der Waals surface area contributed by atoms with Crippen molar-refractivity contribution >= 4 is 35.1 Å². The number of pyridine rings is 1. The second kappa shape index (κ2) is 7.37. The molecule has 0 aliphatic rings. The first-order valence-corrected chi connectivity index (χ1v) is 6.75. The molecule has 1 heterocycles. The molecule has 23 heavy (non-hydrogen) atoms. The first-order chi connectivity index (χ1) is 11.0. The summed E-state index contributed by atoms with van der Waals surface area (Å²) in [6.45, 7) is -0.518. The van der Waals surface area contributed by atoms with Crippen LogP contribution in [-0.2, 0) is 9.53 Å². The van der Waals surface area contributed by atoms with Crippen molar-refractivity contribution in [2.24, 2.45) is 0 Å². The van der Waals surface area contributed by atoms with Crippen molar-refractivity contribution in [1.29, 1.82) is 0 Å². The number of anilines is 1. The molecule has 1 aromatic carbocycles. The summed E-state index contributed by atoms with van der Waals surface area (Å²) in [5, 5.41) is 11.4. The molecule has 0 aliphatic carbocycles. The van der Waals surface area contributed by atoms with Crippen molar-refractivity contribution < 1.29 is 24.2 Å². The summed E-state index contributed by atoms with van der Waals surface area (Å²) < 4.78 is 4.84. The summed E-state index contributed by atoms with van der Waals surface area (Å²) in [4.78, 5) is 38.0. The maximum Gasteiger partial charge on any atom is 0.338 e. The van der Waals surface area contributed by atoms with Crippen molar-refractivity contribution in [3.63, 3.8) is 0 Å². The van der Waals surface area contributed by atoms with Gasteiger partial charge < -0.3 is 15.2 Å². The molecule has 0 atom stereocenters. The number of aromatic nitrogens is 1. The minimum atomic E-state index is -1.11. The number of carbonyl (C=O) groups excluding carboxylic acids is 2. The number of benzene rings is 1. The van der Waals surface area contributed by atoms with Crippen LogP contribution in [0.3, 0.4) is 0 Å². The zero-order valence-electron chi connectivity index (χ0n) is 11.7. The molecule has 1 aromatic heterocycles. The van der Waals surface area contributed by atoms with E-state index in [1.807, 2.05) is 0 Å². The van der Waals surface area contributed by atoms with Gasteiger partial charge in [0.25, 0.3) is 5.91 Å². The number of hydrogen-bond donors (Lipinski definition) is 2. The Labute approximate surface area is 135 Å². The molecular weight excluding hydrogens is 324 g/mol. The van der Waals surface area contributed by atoms with Crippen LogP contribution in [0.4, 0.5) is 5.69 Å². The number of carbonyl (C=O) groups is 3. The Hall–Kier alpha value is -2.93. The molecule has 2 aromatic rings. The van der Waals surface area contributed by atoms with Gasteiger partial charge in [0.2, 0.25) is 0 Å². The summed E-state index contributed by atoms with van der Waals surface area (Å²) in [7, 11) is 0. The Kier molecular flexibility index (Phi) is 5.27. The third-order valence-electron chi connectivity index (χ3n) is 2.69. The van der Waals surface area contributed by atoms with Crippen molar-refractivity contribution in [3.8, 4) is 0 Å². The molecule has 118 valence electrons. The van der Waals surface area contributed by atoms with Crippen LogP contribution in [0, 0.1) is 0 Å². The van der Waals surface area contributed by atoms with E-state index in [1.54, 1.807) is 0 Å². The molecule has 0 spiro atoms. The number of esters is 1. The number of hydrogen-bond acceptors (Lipinski definition) is 5. The molecule has 0 fully saturated rings. The fourth-order valence-electron chi connectivity index (χ4n) is 1.67. The summed E-state index contributed by atoms with van der Waals surface area (Å²) in [6, 6.07) is 8.43. The van der Waals surface area contributed by atoms with Crippen LogP contribution >= 0.6 is 11.6 Å². The molecule has 0 unspecified atom stereocenters. The minimum absolute atomic E-state index is 0.0335. The van der Waals surface area contributed by atoms with E-state index in [0.717, 1.165) is 0 Å². The van der Waals surface area contributed by atoms with Crippen molar-refractivity contribution in [2.75, 3.05) is 11.9 Å². The highest BCUT2D eigenvalue weighted by molar-refractivity contribution is 6.29. The predicted octanol–water partition coefficient (Wildman–Crippen LogP) is 2.23. The van der Waals surface area contributed by atoms with E-state index in [1.165, 1.54) is 42.6 Å². The Bertz CT molecular complexity index is 763. The third-order valence-corrected chi connectivity index (χ3v) is 2.90. The summed E-state index contributed by atoms with van der Waals surface area (Å²) in [5.74, 6) is -2.42. The number of nitrogens with zero attached hydrogens (tertiary/aromatic N) is 1. The van der Waals surface area contributed by atoms with Crippen LogP contribution < -0.4 is 5.32 Å². The molecule has 0 saturated heterocycles. The SMILES string of the molecule is O=C(COC(=O)c1ccnc(Cl)c1)Nc1cccc(C(=O)O)c1. The van der Waals surface area contributed by atoms with Crippen LogP contribution in [0.25, 0.3) is 0 Å². The Morgan fingerprint density at radius 3 is 2.65 bits per heavy atom. The summed E-state index contributed by atoms with van der Waals surface area (Å²) in [5.41, 5.74) is 0.495. The van der Waals surface area contributed by atoms with Gasteiger partial charge in [-0.3, -0.25) is 4.79 Å². The number of ether oxygens (including phenoxy) is 1. The van der Waals surface area contributed by atoms with Crippen molar-refractivity contribution in [3.05, 3.63) is 58.9 Å². The highest BCUT2D eigenvalue weighted by Crippen LogP contribution is 2.11. The van der Waals surface area contributed by atoms with Crippen molar-refractivity contribution in [2.45, 2.75) is 0 Å². The lowest BCUT2D eigenvalue weighted by molar-refractivity contribution is -0.119. The zero-order chi connectivity index (χ0) is 16.8. The molecule has 2 N–H and O–H groups in total. The van der Waals surface area contributed by atoms with Gasteiger partial charge in [0.05, 0.1) is 11.1 Å². The fraction of sp³-hybridized carbons (Fsp3) is 0.0667. The van der Waals surface area contributed by atoms with Crippen LogP contribution in [-0.4, -0.2) is 34.5 Å². The van der Waals surface area contributed by atoms with Gasteiger partial charge in [-0.1, -0.05) is 17.7 Å². The number of aromatic carboxylic acids is 1. The van der Waals surface area contributed by atoms with Gasteiger partial charge >= 0.3 is 11.9 Å². The zero-order valence-corrected chi connectivity index (χ0v) is 12.4. The van der Waals surface area contributed by atoms with E-state index >= 15 is 0 Å². The first-order valence-electron chi connectivity index (χ1n) is 6.37. The average Bonchev–Trinajstić information content (AvgIpc) is 2.53. The first kappa shape index (κ1) is 16.4. The van der Waals surface area contributed by atoms with Crippen LogP contribution in [0.15, 0.2) is 42.6 Å². The molecule has 0 saturated carbocycles. The highest BCUT2D eigenvalue weighted by atomic mass is 35.5. The maximum atomic E-state index is 11.7. The normalized spacial score (nSPS) is 9.96. The van der Waals surface area contributed by atoms with E-state index in [-0.39, 0.29) is 22.0 Å². The average molecular weight is 335 g/mol. The standard InChI is InChI=1S/C15H11ClN2O5/c16-12-7-10(4-5-17-12)15(22)23-8-13(19)18-11-3-1-2-9(6-11)14(20)21/h1-7H,8H2,(H,18,19)(H,20,21). The quantitative estimate of drug-likeness (QED) is 0.641. The number of halogens is 1. The molecular formula is C15H11ClN2O5. The van der Waals surface area contributed by atoms with E-state index in [9.17, 15) is 14.4 Å². The Morgan fingerprint density at radius 1 is 1.17 bits per heavy atom. The Morgan fingerprint density at radius 2 is 1.96 bits per heavy atom. The lowest BCUT2D eigenvalue weighted by Crippen LogP contribution is -2.21. The molecule has 8 heteroatoms. The second-order valence-corrected chi connectivity index (χ2v) is 4.76. The molecule has 0 bridgehead atoms. The largest absolute Gasteiger partial charge is 0.478 e. The fourth-order valence-corrected chi connectivity index (χ4v) is 1.84. The minimum Gasteiger partial charge on any atom is -0.478 e. The number of carboxylic acids is 1. The van der Waals surface area contributed by atoms with Crippen LogP contribution in [0.1, 0.15) is 20.7 Å². The van der Waals surface area contributed by atoms with Gasteiger partial charge in [-0.25, -0.2) is 14.6 Å². The van der Waals surface area contributed by atoms with Gasteiger partial charge in [-0.05, 0) is 30.3 Å². The lowest BCUT2D eigenvalue weighted by Gasteiger charge is -2.07. The highest BCUT2D eigenvalue weighted by Gasteiger charge is 2.11. The van der Waals surface area contributed by atoms with Gasteiger partial charge in [-0.2, -0.15) is 0 Å². The van der Waals surface area contributed by atoms with E-state index in [0.29, 0.717) is 0 Å². The van der Waals surface area contributed by atoms with Crippen LogP contribution in [0.5, 0.6) is 0 Å². The number of rotatable bonds is 5. The number of nitrogens with one attached hydrogen (secondary N) is 1. The second-order valence-electron chi connectivity index (χ2n) is 4.38. The predicted molar refractivity (Wildman–Crippen MR) is 81.6 cm³/mol. The molecule has 0 radical (unpaired) electrons. The summed E-state index contributed by atoms with van der Waals surface area (Å²) in [6.07, 6.45) is 1.34. The summed E-state index contributed by atoms with van der Waals surface area (Å²) >= 11 is 5.65. The van der Waals surface area contributed by atoms with E-state index < -0.39 is 24.5 Å². The topological polar surface area (TPSA) is 106 Å².